The lowest BCUT2D eigenvalue weighted by Gasteiger charge is -2.55. The average Bonchev–Trinajstić information content (AvgIpc) is 2.79. The van der Waals surface area contributed by atoms with Crippen LogP contribution >= 0.6 is 0 Å². The second-order valence-corrected chi connectivity index (χ2v) is 7.59. The highest BCUT2D eigenvalue weighted by Gasteiger charge is 2.51. The summed E-state index contributed by atoms with van der Waals surface area (Å²) in [5.41, 5.74) is 1.01. The van der Waals surface area contributed by atoms with Gasteiger partial charge in [0.15, 0.2) is 0 Å². The van der Waals surface area contributed by atoms with Crippen LogP contribution in [0.1, 0.15) is 52.4 Å². The number of hydrogen-bond donors (Lipinski definition) is 0. The van der Waals surface area contributed by atoms with Crippen LogP contribution < -0.4 is 5.32 Å². The topological polar surface area (TPSA) is 34.4 Å². The predicted octanol–water partition coefficient (Wildman–Crippen LogP) is 3.74. The first-order valence-electron chi connectivity index (χ1n) is 8.41. The molecule has 4 aliphatic carbocycles. The maximum absolute atomic E-state index is 12.3. The van der Waals surface area contributed by atoms with E-state index in [-0.39, 0.29) is 6.03 Å². The summed E-state index contributed by atoms with van der Waals surface area (Å²) < 4.78 is 0. The number of rotatable bonds is 3. The van der Waals surface area contributed by atoms with E-state index in [1.807, 2.05) is 4.90 Å². The molecule has 0 aromatic heterocycles. The third-order valence-corrected chi connectivity index (χ3v) is 6.33. The minimum atomic E-state index is 0.0118. The molecule has 1 radical (unpaired) electrons. The van der Waals surface area contributed by atoms with Crippen LogP contribution in [0.15, 0.2) is 11.9 Å². The summed E-state index contributed by atoms with van der Waals surface area (Å²) in [6, 6.07) is 0.471. The lowest BCUT2D eigenvalue weighted by molar-refractivity contribution is -0.0382. The van der Waals surface area contributed by atoms with E-state index >= 15 is 0 Å². The molecular formula is C17H25N2O. The smallest absolute Gasteiger partial charge is 0.294 e. The van der Waals surface area contributed by atoms with E-state index < -0.39 is 0 Å². The summed E-state index contributed by atoms with van der Waals surface area (Å²) in [5.74, 6) is 3.82. The van der Waals surface area contributed by atoms with Gasteiger partial charge in [-0.25, -0.2) is 4.79 Å². The quantitative estimate of drug-likeness (QED) is 0.771. The Morgan fingerprint density at radius 1 is 1.20 bits per heavy atom. The normalized spacial score (nSPS) is 43.7. The van der Waals surface area contributed by atoms with Gasteiger partial charge in [-0.3, -0.25) is 4.90 Å². The van der Waals surface area contributed by atoms with Crippen molar-refractivity contribution in [3.63, 3.8) is 0 Å². The molecule has 5 rings (SSSR count). The average molecular weight is 273 g/mol. The first-order valence-corrected chi connectivity index (χ1v) is 8.41. The van der Waals surface area contributed by atoms with Crippen LogP contribution in [0, 0.1) is 29.6 Å². The molecule has 3 nitrogen and oxygen atoms in total. The van der Waals surface area contributed by atoms with Crippen LogP contribution in [-0.4, -0.2) is 17.0 Å². The molecule has 0 N–H and O–H groups in total. The van der Waals surface area contributed by atoms with Crippen LogP contribution in [0.3, 0.4) is 0 Å². The lowest BCUT2D eigenvalue weighted by Crippen LogP contribution is -2.55. The van der Waals surface area contributed by atoms with Crippen LogP contribution in [0.4, 0.5) is 4.79 Å². The molecule has 3 heteroatoms. The highest BCUT2D eigenvalue weighted by atomic mass is 16.2. The molecule has 4 saturated carbocycles. The summed E-state index contributed by atoms with van der Waals surface area (Å²) in [5, 5.41) is 4.32. The molecule has 2 amide bonds. The molecule has 109 valence electrons. The zero-order chi connectivity index (χ0) is 13.9. The van der Waals surface area contributed by atoms with E-state index in [0.717, 1.165) is 35.8 Å². The molecule has 4 bridgehead atoms. The van der Waals surface area contributed by atoms with Crippen molar-refractivity contribution in [2.75, 3.05) is 0 Å². The van der Waals surface area contributed by atoms with Gasteiger partial charge in [-0.2, -0.15) is 5.32 Å². The Balaban J connectivity index is 1.58. The number of nitrogens with zero attached hydrogens (tertiary/aromatic N) is 2. The minimum Gasteiger partial charge on any atom is -0.294 e. The van der Waals surface area contributed by atoms with Crippen molar-refractivity contribution in [1.82, 2.24) is 10.2 Å². The molecule has 5 aliphatic rings. The molecule has 0 unspecified atom stereocenters. The SMILES string of the molecule is CC[C@H](C)C1=CN(C2C3CC4CC(C3)CC2C4)C(=O)[N]1. The van der Waals surface area contributed by atoms with Crippen molar-refractivity contribution >= 4 is 6.03 Å². The van der Waals surface area contributed by atoms with Gasteiger partial charge < -0.3 is 0 Å². The Labute approximate surface area is 121 Å². The van der Waals surface area contributed by atoms with Crippen molar-refractivity contribution in [2.45, 2.75) is 58.4 Å². The van der Waals surface area contributed by atoms with Gasteiger partial charge in [-0.1, -0.05) is 13.8 Å². The van der Waals surface area contributed by atoms with Crippen molar-refractivity contribution in [1.29, 1.82) is 0 Å². The van der Waals surface area contributed by atoms with Crippen LogP contribution in [0.5, 0.6) is 0 Å². The summed E-state index contributed by atoms with van der Waals surface area (Å²) in [4.78, 5) is 14.4. The van der Waals surface area contributed by atoms with E-state index in [2.05, 4.69) is 25.4 Å². The second-order valence-electron chi connectivity index (χ2n) is 7.59. The number of hydrogen-bond acceptors (Lipinski definition) is 1. The maximum atomic E-state index is 12.3. The number of allylic oxidation sites excluding steroid dienone is 1. The van der Waals surface area contributed by atoms with Gasteiger partial charge in [0.25, 0.3) is 0 Å². The van der Waals surface area contributed by atoms with Gasteiger partial charge in [0.05, 0.1) is 5.70 Å². The molecule has 20 heavy (non-hydrogen) atoms. The number of carbonyl (C=O) groups excluding carboxylic acids is 1. The van der Waals surface area contributed by atoms with E-state index in [1.54, 1.807) is 0 Å². The number of urea groups is 1. The zero-order valence-electron chi connectivity index (χ0n) is 12.6. The Hall–Kier alpha value is -0.990. The molecule has 1 heterocycles. The van der Waals surface area contributed by atoms with Crippen molar-refractivity contribution in [3.05, 3.63) is 11.9 Å². The molecule has 0 aromatic carbocycles. The van der Waals surface area contributed by atoms with Gasteiger partial charge in [0.2, 0.25) is 0 Å². The van der Waals surface area contributed by atoms with E-state index in [4.69, 9.17) is 0 Å². The molecule has 4 fully saturated rings. The molecule has 0 aromatic rings. The van der Waals surface area contributed by atoms with E-state index in [0.29, 0.717) is 12.0 Å². The summed E-state index contributed by atoms with van der Waals surface area (Å²) in [7, 11) is 0. The van der Waals surface area contributed by atoms with Crippen LogP contribution in [0.25, 0.3) is 0 Å². The first-order chi connectivity index (χ1) is 9.65. The maximum Gasteiger partial charge on any atom is 0.348 e. The molecular weight excluding hydrogens is 248 g/mol. The third kappa shape index (κ3) is 1.82. The number of carbonyl (C=O) groups is 1. The van der Waals surface area contributed by atoms with E-state index in [1.165, 1.54) is 32.1 Å². The minimum absolute atomic E-state index is 0.0118. The van der Waals surface area contributed by atoms with Gasteiger partial charge in [-0.15, -0.1) is 0 Å². The fourth-order valence-electron chi connectivity index (χ4n) is 5.41. The predicted molar refractivity (Wildman–Crippen MR) is 77.7 cm³/mol. The van der Waals surface area contributed by atoms with Gasteiger partial charge in [0, 0.05) is 12.2 Å². The summed E-state index contributed by atoms with van der Waals surface area (Å²) in [6.07, 6.45) is 10.0. The third-order valence-electron chi connectivity index (χ3n) is 6.33. The molecule has 1 aliphatic heterocycles. The first kappa shape index (κ1) is 12.7. The highest BCUT2D eigenvalue weighted by Crippen LogP contribution is 2.55. The van der Waals surface area contributed by atoms with E-state index in [9.17, 15) is 4.79 Å². The molecule has 1 atom stereocenters. The monoisotopic (exact) mass is 273 g/mol. The fraction of sp³-hybridized carbons (Fsp3) is 0.824. The summed E-state index contributed by atoms with van der Waals surface area (Å²) >= 11 is 0. The fourth-order valence-corrected chi connectivity index (χ4v) is 5.41. The Morgan fingerprint density at radius 2 is 1.80 bits per heavy atom. The molecule has 0 saturated heterocycles. The second kappa shape index (κ2) is 4.51. The molecule has 0 spiro atoms. The van der Waals surface area contributed by atoms with Crippen LogP contribution in [0.2, 0.25) is 0 Å². The largest absolute Gasteiger partial charge is 0.348 e. The standard InChI is InChI=1S/C17H25N2O/c1-3-10(2)15-9-19(17(20)18-15)16-13-5-11-4-12(7-13)8-14(16)6-11/h9-14,16H,3-8H2,1-2H3/t10-,11?,12?,13?,14?,16?/m0/s1. The highest BCUT2D eigenvalue weighted by molar-refractivity contribution is 5.80. The van der Waals surface area contributed by atoms with Crippen molar-refractivity contribution in [2.24, 2.45) is 29.6 Å². The van der Waals surface area contributed by atoms with Gasteiger partial charge >= 0.3 is 6.03 Å². The van der Waals surface area contributed by atoms with Crippen LogP contribution in [-0.2, 0) is 0 Å². The zero-order valence-corrected chi connectivity index (χ0v) is 12.6. The number of amides is 2. The summed E-state index contributed by atoms with van der Waals surface area (Å²) in [6.45, 7) is 4.33. The van der Waals surface area contributed by atoms with Gasteiger partial charge in [-0.05, 0) is 68.1 Å². The van der Waals surface area contributed by atoms with Crippen molar-refractivity contribution < 1.29 is 4.79 Å². The van der Waals surface area contributed by atoms with Gasteiger partial charge in [0.1, 0.15) is 0 Å². The Morgan fingerprint density at radius 3 is 2.35 bits per heavy atom. The lowest BCUT2D eigenvalue weighted by atomic mass is 9.54. The Kier molecular flexibility index (Phi) is 2.87. The Bertz CT molecular complexity index is 428. The van der Waals surface area contributed by atoms with Crippen molar-refractivity contribution in [3.8, 4) is 0 Å².